The Morgan fingerprint density at radius 2 is 0.711 bits per heavy atom. The molecule has 0 aromatic heterocycles. The Morgan fingerprint density at radius 3 is 0.921 bits per heavy atom. The van der Waals surface area contributed by atoms with Crippen LogP contribution in [0.25, 0.3) is 0 Å². The number of halogens is 1. The standard InChI is InChI=1S/C31H37P2Si2.CH3.HI.Ir/c1-34(2,25-32(28-17-9-5-10-18-28)29-19-11-6-12-20-29)27-35(3,4)26-33(30-21-13-7-14-22-30)31-23-15-8-16-24-31;;;/h5-24,27H,25-26H2,1-4H3;1H3;1H;/q2*-1;;+3/p-1. The molecule has 0 aliphatic heterocycles. The van der Waals surface area contributed by atoms with Crippen LogP contribution in [0.4, 0.5) is 0 Å². The van der Waals surface area contributed by atoms with Crippen molar-refractivity contribution < 1.29 is 15.3 Å². The van der Waals surface area contributed by atoms with Crippen molar-refractivity contribution in [2.45, 2.75) is 26.2 Å². The number of hydrogen-bond donors (Lipinski definition) is 0. The molecule has 0 bridgehead atoms. The van der Waals surface area contributed by atoms with E-state index < -0.39 is 16.1 Å². The summed E-state index contributed by atoms with van der Waals surface area (Å²) in [7, 11) is -3.80. The van der Waals surface area contributed by atoms with Gasteiger partial charge in [0.15, 0.2) is 0 Å². The van der Waals surface area contributed by atoms with Gasteiger partial charge in [0, 0.05) is 0 Å². The first-order chi connectivity index (χ1) is 17.8. The van der Waals surface area contributed by atoms with Gasteiger partial charge in [-0.05, 0) is 37.1 Å². The first kappa shape index (κ1) is 33.8. The van der Waals surface area contributed by atoms with Crippen LogP contribution in [0, 0.1) is 13.1 Å². The van der Waals surface area contributed by atoms with Gasteiger partial charge < -0.3 is 13.1 Å². The SMILES string of the molecule is C[Si](C)([CH-][Si](C)(C)CP(c1ccccc1)c1ccccc1)CP(c1ccccc1)c1ccccc1.[CH3-].[I][Ir+2]. The molecule has 0 radical (unpaired) electrons. The molecular formula is C32H40IIrP2Si2. The third kappa shape index (κ3) is 10.5. The summed E-state index contributed by atoms with van der Waals surface area (Å²) in [5.74, 6) is 2.64. The molecule has 4 aromatic rings. The molecule has 4 rings (SSSR count). The molecule has 0 atom stereocenters. The van der Waals surface area contributed by atoms with Gasteiger partial charge in [0.25, 0.3) is 0 Å². The Labute approximate surface area is 258 Å². The van der Waals surface area contributed by atoms with E-state index in [1.807, 2.05) is 15.3 Å². The second-order valence-corrected chi connectivity index (χ2v) is 26.1. The van der Waals surface area contributed by atoms with Crippen LogP contribution in [-0.4, -0.2) is 27.7 Å². The van der Waals surface area contributed by atoms with Crippen molar-refractivity contribution in [1.29, 1.82) is 0 Å². The van der Waals surface area contributed by atoms with Gasteiger partial charge in [-0.2, -0.15) is 0 Å². The van der Waals surface area contributed by atoms with E-state index in [2.05, 4.69) is 173 Å². The van der Waals surface area contributed by atoms with E-state index in [4.69, 9.17) is 0 Å². The van der Waals surface area contributed by atoms with Crippen molar-refractivity contribution in [3.63, 3.8) is 0 Å². The average molecular weight is 862 g/mol. The van der Waals surface area contributed by atoms with E-state index in [-0.39, 0.29) is 23.3 Å². The van der Waals surface area contributed by atoms with Crippen molar-refractivity contribution in [1.82, 2.24) is 0 Å². The normalized spacial score (nSPS) is 11.5. The van der Waals surface area contributed by atoms with Gasteiger partial charge >= 0.3 is 34.9 Å². The van der Waals surface area contributed by atoms with Gasteiger partial charge in [0.2, 0.25) is 0 Å². The van der Waals surface area contributed by atoms with Crippen LogP contribution in [0.2, 0.25) is 26.2 Å². The number of hydrogen-bond acceptors (Lipinski definition) is 0. The van der Waals surface area contributed by atoms with Gasteiger partial charge in [-0.25, -0.2) is 0 Å². The van der Waals surface area contributed by atoms with Crippen molar-refractivity contribution in [2.75, 3.05) is 11.6 Å². The van der Waals surface area contributed by atoms with E-state index >= 15 is 0 Å². The third-order valence-electron chi connectivity index (χ3n) is 6.18. The van der Waals surface area contributed by atoms with Crippen molar-refractivity contribution >= 4 is 72.8 Å². The molecule has 0 spiro atoms. The molecule has 0 saturated carbocycles. The molecule has 0 heterocycles. The van der Waals surface area contributed by atoms with E-state index in [1.54, 1.807) is 0 Å². The summed E-state index contributed by atoms with van der Waals surface area (Å²) >= 11 is 4.12. The molecule has 6 heteroatoms. The fraction of sp³-hybridized carbons (Fsp3) is 0.188. The maximum absolute atomic E-state index is 2.93. The average Bonchev–Trinajstić information content (AvgIpc) is 2.93. The zero-order valence-corrected chi connectivity index (χ0v) is 31.5. The number of benzene rings is 4. The quantitative estimate of drug-likeness (QED) is 0.0652. The number of rotatable bonds is 10. The zero-order valence-electron chi connectivity index (χ0n) is 23.1. The minimum absolute atomic E-state index is 0. The molecule has 0 aliphatic rings. The van der Waals surface area contributed by atoms with Crippen LogP contribution < -0.4 is 21.2 Å². The van der Waals surface area contributed by atoms with Gasteiger partial charge in [-0.15, -0.1) is 0 Å². The molecule has 0 nitrogen and oxygen atoms in total. The van der Waals surface area contributed by atoms with Gasteiger partial charge in [0.05, 0.1) is 0 Å². The van der Waals surface area contributed by atoms with Gasteiger partial charge in [-0.1, -0.05) is 175 Å². The van der Waals surface area contributed by atoms with Crippen LogP contribution in [0.3, 0.4) is 0 Å². The summed E-state index contributed by atoms with van der Waals surface area (Å²) in [5.41, 5.74) is 2.93. The third-order valence-corrected chi connectivity index (χ3v) is 25.2. The molecule has 4 aromatic carbocycles. The van der Waals surface area contributed by atoms with E-state index in [1.165, 1.54) is 32.8 Å². The Kier molecular flexibility index (Phi) is 14.9. The summed E-state index contributed by atoms with van der Waals surface area (Å²) in [6.45, 7) is 10.4. The van der Waals surface area contributed by atoms with Crippen LogP contribution in [0.15, 0.2) is 121 Å². The molecule has 0 amide bonds. The molecule has 0 aliphatic carbocycles. The second kappa shape index (κ2) is 16.7. The predicted octanol–water partition coefficient (Wildman–Crippen LogP) is 8.36. The Morgan fingerprint density at radius 1 is 0.500 bits per heavy atom. The Balaban J connectivity index is 0.00000165. The molecular weight excluding hydrogens is 822 g/mol. The molecule has 202 valence electrons. The van der Waals surface area contributed by atoms with E-state index in [9.17, 15) is 0 Å². The minimum atomic E-state index is -1.56. The first-order valence-electron chi connectivity index (χ1n) is 12.6. The summed E-state index contributed by atoms with van der Waals surface area (Å²) in [6, 6.07) is 45.0. The molecule has 0 saturated heterocycles. The van der Waals surface area contributed by atoms with Crippen molar-refractivity contribution in [3.05, 3.63) is 134 Å². The van der Waals surface area contributed by atoms with E-state index in [0.717, 1.165) is 0 Å². The summed E-state index contributed by atoms with van der Waals surface area (Å²) in [4.78, 5) is 0. The summed E-state index contributed by atoms with van der Waals surface area (Å²) in [5, 5.41) is 6.05. The molecule has 38 heavy (non-hydrogen) atoms. The Hall–Kier alpha value is -0.447. The van der Waals surface area contributed by atoms with Crippen LogP contribution in [0.1, 0.15) is 0 Å². The molecule has 0 fully saturated rings. The topological polar surface area (TPSA) is 0 Å². The molecule has 0 N–H and O–H groups in total. The maximum atomic E-state index is 2.93. The van der Waals surface area contributed by atoms with Crippen LogP contribution in [0.5, 0.6) is 0 Å². The fourth-order valence-electron chi connectivity index (χ4n) is 5.06. The summed E-state index contributed by atoms with van der Waals surface area (Å²) in [6.07, 6.45) is 0. The van der Waals surface area contributed by atoms with E-state index in [0.29, 0.717) is 0 Å². The van der Waals surface area contributed by atoms with Gasteiger partial charge in [0.1, 0.15) is 0 Å². The zero-order chi connectivity index (χ0) is 26.7. The summed E-state index contributed by atoms with van der Waals surface area (Å²) < 4.78 is 0. The fourth-order valence-corrected chi connectivity index (χ4v) is 28.1. The monoisotopic (exact) mass is 862 g/mol. The van der Waals surface area contributed by atoms with Crippen LogP contribution in [-0.2, 0) is 15.3 Å². The molecule has 0 unspecified atom stereocenters. The Bertz CT molecular complexity index is 1000. The van der Waals surface area contributed by atoms with Crippen LogP contribution >= 0.6 is 35.4 Å². The first-order valence-corrected chi connectivity index (χ1v) is 29.0. The predicted molar refractivity (Wildman–Crippen MR) is 188 cm³/mol. The van der Waals surface area contributed by atoms with Gasteiger partial charge in [-0.3, -0.25) is 0 Å². The second-order valence-electron chi connectivity index (χ2n) is 10.6. The van der Waals surface area contributed by atoms with Crippen molar-refractivity contribution in [3.8, 4) is 0 Å². The van der Waals surface area contributed by atoms with Crippen molar-refractivity contribution in [2.24, 2.45) is 0 Å².